The smallest absolute Gasteiger partial charge is 0.254 e. The van der Waals surface area contributed by atoms with Gasteiger partial charge in [0.05, 0.1) is 5.56 Å². The van der Waals surface area contributed by atoms with Gasteiger partial charge in [0.1, 0.15) is 5.82 Å². The van der Waals surface area contributed by atoms with E-state index in [1.807, 2.05) is 31.2 Å². The summed E-state index contributed by atoms with van der Waals surface area (Å²) < 4.78 is 13.6. The van der Waals surface area contributed by atoms with Crippen molar-refractivity contribution in [2.24, 2.45) is 0 Å². The normalized spacial score (nSPS) is 10.3. The lowest BCUT2D eigenvalue weighted by atomic mass is 10.1. The van der Waals surface area contributed by atoms with Crippen LogP contribution in [0.3, 0.4) is 0 Å². The summed E-state index contributed by atoms with van der Waals surface area (Å²) in [6, 6.07) is 12.4. The molecular formula is C16H16FNO. The number of rotatable bonds is 3. The number of carbonyl (C=O) groups excluding carboxylic acids is 1. The Labute approximate surface area is 112 Å². The third-order valence-corrected chi connectivity index (χ3v) is 2.94. The number of benzene rings is 2. The highest BCUT2D eigenvalue weighted by Crippen LogP contribution is 2.10. The monoisotopic (exact) mass is 257 g/mol. The minimum atomic E-state index is -0.485. The molecular weight excluding hydrogens is 241 g/mol. The van der Waals surface area contributed by atoms with Crippen molar-refractivity contribution in [2.45, 2.75) is 20.4 Å². The summed E-state index contributed by atoms with van der Waals surface area (Å²) in [5.74, 6) is -0.875. The van der Waals surface area contributed by atoms with Gasteiger partial charge in [-0.3, -0.25) is 4.79 Å². The molecule has 0 saturated carbocycles. The third kappa shape index (κ3) is 3.41. The molecule has 0 aliphatic rings. The SMILES string of the molecule is Cc1ccc(CNC(=O)c2ccc(C)cc2F)cc1. The molecule has 0 heterocycles. The van der Waals surface area contributed by atoms with Crippen LogP contribution < -0.4 is 5.32 Å². The fourth-order valence-corrected chi connectivity index (χ4v) is 1.79. The van der Waals surface area contributed by atoms with Crippen LogP contribution in [0.1, 0.15) is 27.0 Å². The summed E-state index contributed by atoms with van der Waals surface area (Å²) in [4.78, 5) is 11.9. The second-order valence-electron chi connectivity index (χ2n) is 4.65. The quantitative estimate of drug-likeness (QED) is 0.897. The maximum Gasteiger partial charge on any atom is 0.254 e. The Morgan fingerprint density at radius 1 is 1.05 bits per heavy atom. The van der Waals surface area contributed by atoms with E-state index in [1.165, 1.54) is 17.7 Å². The predicted molar refractivity (Wildman–Crippen MR) is 73.5 cm³/mol. The topological polar surface area (TPSA) is 29.1 Å². The van der Waals surface area contributed by atoms with E-state index < -0.39 is 11.7 Å². The van der Waals surface area contributed by atoms with Crippen LogP contribution in [0, 0.1) is 19.7 Å². The van der Waals surface area contributed by atoms with Gasteiger partial charge >= 0.3 is 0 Å². The summed E-state index contributed by atoms with van der Waals surface area (Å²) in [6.45, 7) is 4.19. The lowest BCUT2D eigenvalue weighted by Gasteiger charge is -2.07. The van der Waals surface area contributed by atoms with Crippen molar-refractivity contribution < 1.29 is 9.18 Å². The summed E-state index contributed by atoms with van der Waals surface area (Å²) in [7, 11) is 0. The van der Waals surface area contributed by atoms with Gasteiger partial charge in [0.2, 0.25) is 0 Å². The maximum absolute atomic E-state index is 13.6. The van der Waals surface area contributed by atoms with Gasteiger partial charge in [-0.1, -0.05) is 35.9 Å². The van der Waals surface area contributed by atoms with Gasteiger partial charge in [0, 0.05) is 6.54 Å². The molecule has 0 aliphatic carbocycles. The maximum atomic E-state index is 13.6. The summed E-state index contributed by atoms with van der Waals surface area (Å²) in [5, 5.41) is 2.72. The van der Waals surface area contributed by atoms with Gasteiger partial charge in [-0.2, -0.15) is 0 Å². The van der Waals surface area contributed by atoms with Crippen molar-refractivity contribution >= 4 is 5.91 Å². The van der Waals surface area contributed by atoms with Gasteiger partial charge in [-0.25, -0.2) is 4.39 Å². The van der Waals surface area contributed by atoms with Crippen molar-refractivity contribution in [3.05, 3.63) is 70.5 Å². The molecule has 2 nitrogen and oxygen atoms in total. The van der Waals surface area contributed by atoms with E-state index in [4.69, 9.17) is 0 Å². The van der Waals surface area contributed by atoms with Crippen molar-refractivity contribution in [3.8, 4) is 0 Å². The van der Waals surface area contributed by atoms with E-state index in [1.54, 1.807) is 13.0 Å². The minimum Gasteiger partial charge on any atom is -0.348 e. The van der Waals surface area contributed by atoms with E-state index in [2.05, 4.69) is 5.32 Å². The molecule has 0 aliphatic heterocycles. The lowest BCUT2D eigenvalue weighted by molar-refractivity contribution is 0.0947. The molecule has 0 fully saturated rings. The van der Waals surface area contributed by atoms with Crippen molar-refractivity contribution in [1.82, 2.24) is 5.32 Å². The van der Waals surface area contributed by atoms with Crippen LogP contribution in [0.15, 0.2) is 42.5 Å². The number of nitrogens with one attached hydrogen (secondary N) is 1. The zero-order valence-electron chi connectivity index (χ0n) is 11.0. The number of aryl methyl sites for hydroxylation is 2. The molecule has 1 amide bonds. The molecule has 19 heavy (non-hydrogen) atoms. The second-order valence-corrected chi connectivity index (χ2v) is 4.65. The molecule has 0 radical (unpaired) electrons. The van der Waals surface area contributed by atoms with E-state index in [9.17, 15) is 9.18 Å². The molecule has 2 aromatic rings. The van der Waals surface area contributed by atoms with Crippen LogP contribution >= 0.6 is 0 Å². The summed E-state index contributed by atoms with van der Waals surface area (Å²) >= 11 is 0. The number of carbonyl (C=O) groups is 1. The highest BCUT2D eigenvalue weighted by Gasteiger charge is 2.10. The van der Waals surface area contributed by atoms with Gasteiger partial charge in [0.15, 0.2) is 0 Å². The first-order chi connectivity index (χ1) is 9.06. The Bertz CT molecular complexity index is 590. The first-order valence-electron chi connectivity index (χ1n) is 6.16. The first-order valence-corrected chi connectivity index (χ1v) is 6.16. The molecule has 0 atom stereocenters. The molecule has 0 saturated heterocycles. The van der Waals surface area contributed by atoms with Crippen LogP contribution in [0.4, 0.5) is 4.39 Å². The minimum absolute atomic E-state index is 0.0812. The van der Waals surface area contributed by atoms with Crippen LogP contribution in [-0.4, -0.2) is 5.91 Å². The van der Waals surface area contributed by atoms with Crippen LogP contribution in [0.2, 0.25) is 0 Å². The lowest BCUT2D eigenvalue weighted by Crippen LogP contribution is -2.23. The molecule has 1 N–H and O–H groups in total. The number of halogens is 1. The van der Waals surface area contributed by atoms with Crippen molar-refractivity contribution in [3.63, 3.8) is 0 Å². The average molecular weight is 257 g/mol. The molecule has 2 rings (SSSR count). The largest absolute Gasteiger partial charge is 0.348 e. The van der Waals surface area contributed by atoms with Crippen molar-refractivity contribution in [2.75, 3.05) is 0 Å². The number of hydrogen-bond donors (Lipinski definition) is 1. The van der Waals surface area contributed by atoms with Gasteiger partial charge in [-0.15, -0.1) is 0 Å². The summed E-state index contributed by atoms with van der Waals surface area (Å²) in [5.41, 5.74) is 3.04. The summed E-state index contributed by atoms with van der Waals surface area (Å²) in [6.07, 6.45) is 0. The van der Waals surface area contributed by atoms with E-state index in [0.717, 1.165) is 11.1 Å². The molecule has 0 aromatic heterocycles. The van der Waals surface area contributed by atoms with Crippen LogP contribution in [0.5, 0.6) is 0 Å². The second kappa shape index (κ2) is 5.65. The zero-order valence-corrected chi connectivity index (χ0v) is 11.0. The first kappa shape index (κ1) is 13.3. The standard InChI is InChI=1S/C16H16FNO/c1-11-3-6-13(7-4-11)10-18-16(19)14-8-5-12(2)9-15(14)17/h3-9H,10H2,1-2H3,(H,18,19). The molecule has 3 heteroatoms. The van der Waals surface area contributed by atoms with E-state index in [-0.39, 0.29) is 5.56 Å². The number of hydrogen-bond acceptors (Lipinski definition) is 1. The molecule has 98 valence electrons. The Balaban J connectivity index is 2.03. The Hall–Kier alpha value is -2.16. The van der Waals surface area contributed by atoms with E-state index >= 15 is 0 Å². The third-order valence-electron chi connectivity index (χ3n) is 2.94. The van der Waals surface area contributed by atoms with Gasteiger partial charge in [-0.05, 0) is 37.1 Å². The van der Waals surface area contributed by atoms with Crippen LogP contribution in [-0.2, 0) is 6.54 Å². The molecule has 2 aromatic carbocycles. The van der Waals surface area contributed by atoms with E-state index in [0.29, 0.717) is 6.54 Å². The Kier molecular flexibility index (Phi) is 3.95. The fraction of sp³-hybridized carbons (Fsp3) is 0.188. The van der Waals surface area contributed by atoms with Gasteiger partial charge in [0.25, 0.3) is 5.91 Å². The predicted octanol–water partition coefficient (Wildman–Crippen LogP) is 3.37. The van der Waals surface area contributed by atoms with Crippen LogP contribution in [0.25, 0.3) is 0 Å². The highest BCUT2D eigenvalue weighted by atomic mass is 19.1. The average Bonchev–Trinajstić information content (AvgIpc) is 2.37. The molecule has 0 bridgehead atoms. The molecule has 0 unspecified atom stereocenters. The zero-order chi connectivity index (χ0) is 13.8. The van der Waals surface area contributed by atoms with Gasteiger partial charge < -0.3 is 5.32 Å². The number of amides is 1. The fourth-order valence-electron chi connectivity index (χ4n) is 1.79. The highest BCUT2D eigenvalue weighted by molar-refractivity contribution is 5.94. The Morgan fingerprint density at radius 2 is 1.68 bits per heavy atom. The van der Waals surface area contributed by atoms with Crippen molar-refractivity contribution in [1.29, 1.82) is 0 Å². The molecule has 0 spiro atoms. The Morgan fingerprint density at radius 3 is 2.32 bits per heavy atom.